The van der Waals surface area contributed by atoms with Crippen LogP contribution in [0, 0.1) is 6.92 Å². The second-order valence-corrected chi connectivity index (χ2v) is 5.86. The molecule has 22 heavy (non-hydrogen) atoms. The number of amides is 1. The Morgan fingerprint density at radius 3 is 2.82 bits per heavy atom. The van der Waals surface area contributed by atoms with Gasteiger partial charge in [0.1, 0.15) is 17.6 Å². The maximum Gasteiger partial charge on any atom is 0.249 e. The molecule has 0 unspecified atom stereocenters. The zero-order chi connectivity index (χ0) is 15.4. The van der Waals surface area contributed by atoms with Crippen molar-refractivity contribution in [3.63, 3.8) is 0 Å². The molecule has 6 nitrogen and oxygen atoms in total. The number of aryl methyl sites for hydroxylation is 1. The molecule has 0 spiro atoms. The Hall–Kier alpha value is -1.37. The Bertz CT molecular complexity index is 490. The molecule has 1 aromatic heterocycles. The van der Waals surface area contributed by atoms with Crippen molar-refractivity contribution in [3.05, 3.63) is 23.7 Å². The molecule has 1 aromatic rings. The van der Waals surface area contributed by atoms with Crippen LogP contribution in [0.25, 0.3) is 0 Å². The number of hydrogen-bond acceptors (Lipinski definition) is 5. The number of nitrogens with one attached hydrogen (secondary N) is 1. The predicted octanol–water partition coefficient (Wildman–Crippen LogP) is 1.26. The van der Waals surface area contributed by atoms with Gasteiger partial charge in [0.25, 0.3) is 0 Å². The molecule has 1 amide bonds. The van der Waals surface area contributed by atoms with Crippen LogP contribution in [-0.4, -0.2) is 56.4 Å². The highest BCUT2D eigenvalue weighted by atomic mass is 16.5. The molecule has 3 heterocycles. The number of furan rings is 1. The molecule has 0 aromatic carbocycles. The number of hydrogen-bond donors (Lipinski definition) is 1. The van der Waals surface area contributed by atoms with Gasteiger partial charge in [-0.2, -0.15) is 0 Å². The average Bonchev–Trinajstić information content (AvgIpc) is 3.20. The summed E-state index contributed by atoms with van der Waals surface area (Å²) >= 11 is 0. The summed E-state index contributed by atoms with van der Waals surface area (Å²) in [4.78, 5) is 14.5. The summed E-state index contributed by atoms with van der Waals surface area (Å²) in [6, 6.07) is 4.00. The van der Waals surface area contributed by atoms with Crippen LogP contribution >= 0.6 is 0 Å². The van der Waals surface area contributed by atoms with E-state index in [0.717, 1.165) is 50.7 Å². The summed E-state index contributed by atoms with van der Waals surface area (Å²) in [6.07, 6.45) is 1.49. The first-order valence-electron chi connectivity index (χ1n) is 8.01. The number of ether oxygens (including phenoxy) is 2. The van der Waals surface area contributed by atoms with E-state index in [-0.39, 0.29) is 18.1 Å². The normalized spacial score (nSPS) is 24.3. The van der Waals surface area contributed by atoms with Gasteiger partial charge in [-0.1, -0.05) is 0 Å². The van der Waals surface area contributed by atoms with Gasteiger partial charge in [0.15, 0.2) is 0 Å². The van der Waals surface area contributed by atoms with Gasteiger partial charge in [-0.15, -0.1) is 0 Å². The smallest absolute Gasteiger partial charge is 0.249 e. The maximum atomic E-state index is 12.2. The zero-order valence-corrected chi connectivity index (χ0v) is 13.0. The molecule has 0 radical (unpaired) electrons. The molecule has 2 atom stereocenters. The first-order valence-corrected chi connectivity index (χ1v) is 8.01. The minimum absolute atomic E-state index is 0.0148. The van der Waals surface area contributed by atoms with Gasteiger partial charge in [-0.3, -0.25) is 9.69 Å². The lowest BCUT2D eigenvalue weighted by Gasteiger charge is -2.33. The SMILES string of the molecule is Cc1ccc([C@@H](CNC(=O)[C@@H]2CCCO2)N2CCOCC2)o1. The number of rotatable bonds is 5. The fourth-order valence-corrected chi connectivity index (χ4v) is 3.03. The lowest BCUT2D eigenvalue weighted by Crippen LogP contribution is -2.45. The Balaban J connectivity index is 1.63. The Morgan fingerprint density at radius 2 is 2.18 bits per heavy atom. The van der Waals surface area contributed by atoms with Crippen LogP contribution in [0.1, 0.15) is 30.4 Å². The number of carbonyl (C=O) groups is 1. The van der Waals surface area contributed by atoms with E-state index in [2.05, 4.69) is 10.2 Å². The van der Waals surface area contributed by atoms with Gasteiger partial charge in [-0.25, -0.2) is 0 Å². The van der Waals surface area contributed by atoms with Crippen molar-refractivity contribution in [1.82, 2.24) is 10.2 Å². The average molecular weight is 308 g/mol. The van der Waals surface area contributed by atoms with Crippen molar-refractivity contribution < 1.29 is 18.7 Å². The summed E-state index contributed by atoms with van der Waals surface area (Å²) in [5, 5.41) is 3.02. The van der Waals surface area contributed by atoms with E-state index in [1.54, 1.807) is 0 Å². The highest BCUT2D eigenvalue weighted by Crippen LogP contribution is 2.23. The zero-order valence-electron chi connectivity index (χ0n) is 13.0. The summed E-state index contributed by atoms with van der Waals surface area (Å²) in [7, 11) is 0. The monoisotopic (exact) mass is 308 g/mol. The first kappa shape index (κ1) is 15.5. The third-order valence-electron chi connectivity index (χ3n) is 4.27. The topological polar surface area (TPSA) is 63.9 Å². The van der Waals surface area contributed by atoms with Gasteiger partial charge in [0, 0.05) is 26.2 Å². The van der Waals surface area contributed by atoms with Crippen molar-refractivity contribution in [2.24, 2.45) is 0 Å². The van der Waals surface area contributed by atoms with Gasteiger partial charge in [0.2, 0.25) is 5.91 Å². The maximum absolute atomic E-state index is 12.2. The molecule has 2 fully saturated rings. The van der Waals surface area contributed by atoms with Crippen LogP contribution in [0.5, 0.6) is 0 Å². The molecule has 122 valence electrons. The van der Waals surface area contributed by atoms with Gasteiger partial charge in [0.05, 0.1) is 19.3 Å². The van der Waals surface area contributed by atoms with Crippen LogP contribution in [-0.2, 0) is 14.3 Å². The van der Waals surface area contributed by atoms with Crippen LogP contribution < -0.4 is 5.32 Å². The molecule has 2 aliphatic heterocycles. The first-order chi connectivity index (χ1) is 10.7. The van der Waals surface area contributed by atoms with Crippen LogP contribution in [0.15, 0.2) is 16.5 Å². The van der Waals surface area contributed by atoms with E-state index in [4.69, 9.17) is 13.9 Å². The third-order valence-corrected chi connectivity index (χ3v) is 4.27. The largest absolute Gasteiger partial charge is 0.465 e. The highest BCUT2D eigenvalue weighted by molar-refractivity contribution is 5.81. The quantitative estimate of drug-likeness (QED) is 0.887. The van der Waals surface area contributed by atoms with Crippen LogP contribution in [0.4, 0.5) is 0 Å². The molecule has 0 aliphatic carbocycles. The van der Waals surface area contributed by atoms with E-state index in [1.807, 2.05) is 19.1 Å². The van der Waals surface area contributed by atoms with Gasteiger partial charge in [-0.05, 0) is 31.9 Å². The Kier molecular flexibility index (Phi) is 5.12. The van der Waals surface area contributed by atoms with Crippen molar-refractivity contribution in [1.29, 1.82) is 0 Å². The summed E-state index contributed by atoms with van der Waals surface area (Å²) < 4.78 is 16.6. The second kappa shape index (κ2) is 7.26. The Labute approximate surface area is 130 Å². The van der Waals surface area contributed by atoms with Gasteiger partial charge >= 0.3 is 0 Å². The number of nitrogens with zero attached hydrogens (tertiary/aromatic N) is 1. The fourth-order valence-electron chi connectivity index (χ4n) is 3.03. The van der Waals surface area contributed by atoms with E-state index in [9.17, 15) is 4.79 Å². The fraction of sp³-hybridized carbons (Fsp3) is 0.688. The molecule has 3 rings (SSSR count). The molecule has 0 saturated carbocycles. The number of carbonyl (C=O) groups excluding carboxylic acids is 1. The number of morpholine rings is 1. The minimum Gasteiger partial charge on any atom is -0.465 e. The van der Waals surface area contributed by atoms with Gasteiger partial charge < -0.3 is 19.2 Å². The molecule has 2 saturated heterocycles. The van der Waals surface area contributed by atoms with Crippen molar-refractivity contribution in [3.8, 4) is 0 Å². The van der Waals surface area contributed by atoms with E-state index < -0.39 is 0 Å². The Morgan fingerprint density at radius 1 is 1.36 bits per heavy atom. The summed E-state index contributed by atoms with van der Waals surface area (Å²) in [5.74, 6) is 1.77. The molecule has 0 bridgehead atoms. The van der Waals surface area contributed by atoms with E-state index in [1.165, 1.54) is 0 Å². The van der Waals surface area contributed by atoms with Crippen LogP contribution in [0.3, 0.4) is 0 Å². The molecular formula is C16H24N2O4. The van der Waals surface area contributed by atoms with Crippen molar-refractivity contribution in [2.45, 2.75) is 31.9 Å². The molecular weight excluding hydrogens is 284 g/mol. The van der Waals surface area contributed by atoms with E-state index >= 15 is 0 Å². The highest BCUT2D eigenvalue weighted by Gasteiger charge is 2.28. The molecule has 6 heteroatoms. The van der Waals surface area contributed by atoms with E-state index in [0.29, 0.717) is 13.2 Å². The van der Waals surface area contributed by atoms with Crippen molar-refractivity contribution >= 4 is 5.91 Å². The second-order valence-electron chi connectivity index (χ2n) is 5.86. The lowest BCUT2D eigenvalue weighted by atomic mass is 10.1. The summed E-state index contributed by atoms with van der Waals surface area (Å²) in [6.45, 7) is 6.28. The molecule has 1 N–H and O–H groups in total. The summed E-state index contributed by atoms with van der Waals surface area (Å²) in [5.41, 5.74) is 0. The molecule has 2 aliphatic rings. The minimum atomic E-state index is -0.288. The standard InChI is InChI=1S/C16H24N2O4/c1-12-4-5-14(22-12)13(18-6-9-20-10-7-18)11-17-16(19)15-3-2-8-21-15/h4-5,13,15H,2-3,6-11H2,1H3,(H,17,19)/t13-,15+/m1/s1. The third kappa shape index (κ3) is 3.69. The van der Waals surface area contributed by atoms with Crippen molar-refractivity contribution in [2.75, 3.05) is 39.5 Å². The van der Waals surface area contributed by atoms with Crippen LogP contribution in [0.2, 0.25) is 0 Å². The lowest BCUT2D eigenvalue weighted by molar-refractivity contribution is -0.130. The predicted molar refractivity (Wildman–Crippen MR) is 80.6 cm³/mol.